The molecule has 1 aliphatic rings. The van der Waals surface area contributed by atoms with Crippen molar-refractivity contribution in [3.05, 3.63) is 0 Å². The van der Waals surface area contributed by atoms with Crippen LogP contribution in [0.4, 0.5) is 4.79 Å². The molecule has 1 aliphatic heterocycles. The maximum atomic E-state index is 11.5. The van der Waals surface area contributed by atoms with Crippen LogP contribution in [-0.2, 0) is 4.79 Å². The zero-order valence-electron chi connectivity index (χ0n) is 9.16. The summed E-state index contributed by atoms with van der Waals surface area (Å²) in [6.45, 7) is 4.07. The first-order valence-electron chi connectivity index (χ1n) is 5.42. The third kappa shape index (κ3) is 3.87. The number of carbonyl (C=O) groups excluding carboxylic acids is 2. The smallest absolute Gasteiger partial charge is 0.324 e. The molecule has 1 heterocycles. The van der Waals surface area contributed by atoms with Gasteiger partial charge in [0, 0.05) is 19.5 Å². The highest BCUT2D eigenvalue weighted by Gasteiger charge is 2.23. The maximum absolute atomic E-state index is 11.5. The van der Waals surface area contributed by atoms with Crippen LogP contribution in [0.3, 0.4) is 0 Å². The summed E-state index contributed by atoms with van der Waals surface area (Å²) >= 11 is 0. The zero-order chi connectivity index (χ0) is 11.3. The number of imide groups is 1. The molecule has 1 unspecified atom stereocenters. The molecule has 0 aromatic rings. The fraction of sp³-hybridized carbons (Fsp3) is 0.800. The summed E-state index contributed by atoms with van der Waals surface area (Å²) in [7, 11) is 0. The summed E-state index contributed by atoms with van der Waals surface area (Å²) in [6.07, 6.45) is 1.96. The van der Waals surface area contributed by atoms with Crippen LogP contribution in [0.15, 0.2) is 0 Å². The molecule has 1 saturated heterocycles. The van der Waals surface area contributed by atoms with Crippen LogP contribution in [0.1, 0.15) is 26.2 Å². The van der Waals surface area contributed by atoms with Gasteiger partial charge in [0.15, 0.2) is 0 Å². The highest BCUT2D eigenvalue weighted by atomic mass is 16.2. The summed E-state index contributed by atoms with van der Waals surface area (Å²) < 4.78 is 0. The van der Waals surface area contributed by atoms with Gasteiger partial charge in [-0.3, -0.25) is 10.1 Å². The molecule has 0 aromatic carbocycles. The van der Waals surface area contributed by atoms with Gasteiger partial charge in [-0.25, -0.2) is 4.79 Å². The Labute approximate surface area is 90.0 Å². The van der Waals surface area contributed by atoms with E-state index in [1.165, 1.54) is 0 Å². The molecular weight excluding hydrogens is 194 g/mol. The predicted octanol–water partition coefficient (Wildman–Crippen LogP) is 0.303. The number of nitrogens with zero attached hydrogens (tertiary/aromatic N) is 1. The Hall–Kier alpha value is -1.10. The van der Waals surface area contributed by atoms with Crippen LogP contribution >= 0.6 is 0 Å². The van der Waals surface area contributed by atoms with Crippen molar-refractivity contribution < 1.29 is 9.59 Å². The molecular formula is C10H19N3O2. The third-order valence-electron chi connectivity index (χ3n) is 2.57. The van der Waals surface area contributed by atoms with Crippen molar-refractivity contribution in [1.29, 1.82) is 0 Å². The van der Waals surface area contributed by atoms with Gasteiger partial charge in [0.1, 0.15) is 0 Å². The Morgan fingerprint density at radius 1 is 1.53 bits per heavy atom. The second-order valence-electron chi connectivity index (χ2n) is 4.09. The maximum Gasteiger partial charge on any atom is 0.324 e. The molecule has 3 N–H and O–H groups in total. The number of carbonyl (C=O) groups is 2. The molecule has 0 spiro atoms. The molecule has 15 heavy (non-hydrogen) atoms. The number of nitrogens with two attached hydrogens (primary N) is 1. The molecule has 3 amide bonds. The topological polar surface area (TPSA) is 75.4 Å². The lowest BCUT2D eigenvalue weighted by Gasteiger charge is -2.15. The zero-order valence-corrected chi connectivity index (χ0v) is 9.16. The van der Waals surface area contributed by atoms with Crippen molar-refractivity contribution in [2.45, 2.75) is 26.2 Å². The minimum atomic E-state index is -0.263. The van der Waals surface area contributed by atoms with Crippen molar-refractivity contribution in [3.8, 4) is 0 Å². The number of hydrogen-bond acceptors (Lipinski definition) is 3. The van der Waals surface area contributed by atoms with Crippen LogP contribution in [-0.4, -0.2) is 36.5 Å². The van der Waals surface area contributed by atoms with Gasteiger partial charge < -0.3 is 10.6 Å². The normalized spacial score (nSPS) is 20.4. The Balaban J connectivity index is 2.26. The molecule has 1 fully saturated rings. The van der Waals surface area contributed by atoms with E-state index in [9.17, 15) is 9.59 Å². The molecule has 5 heteroatoms. The van der Waals surface area contributed by atoms with Gasteiger partial charge in [-0.15, -0.1) is 0 Å². The molecule has 0 bridgehead atoms. The average Bonchev–Trinajstić information content (AvgIpc) is 2.61. The second-order valence-corrected chi connectivity index (χ2v) is 4.09. The highest BCUT2D eigenvalue weighted by molar-refractivity contribution is 5.94. The number of nitrogens with one attached hydrogen (secondary N) is 1. The van der Waals surface area contributed by atoms with E-state index in [1.807, 2.05) is 0 Å². The largest absolute Gasteiger partial charge is 0.330 e. The number of rotatable bonds is 3. The number of amides is 3. The number of urea groups is 1. The van der Waals surface area contributed by atoms with E-state index in [1.54, 1.807) is 4.90 Å². The first-order valence-corrected chi connectivity index (χ1v) is 5.42. The second kappa shape index (κ2) is 5.70. The molecule has 1 rings (SSSR count). The van der Waals surface area contributed by atoms with Gasteiger partial charge in [-0.1, -0.05) is 6.92 Å². The van der Waals surface area contributed by atoms with Crippen molar-refractivity contribution in [2.24, 2.45) is 11.7 Å². The van der Waals surface area contributed by atoms with Crippen LogP contribution in [0.2, 0.25) is 0 Å². The molecule has 1 atom stereocenters. The highest BCUT2D eigenvalue weighted by Crippen LogP contribution is 2.14. The third-order valence-corrected chi connectivity index (χ3v) is 2.57. The summed E-state index contributed by atoms with van der Waals surface area (Å²) in [5.74, 6) is 0.305. The fourth-order valence-corrected chi connectivity index (χ4v) is 1.64. The van der Waals surface area contributed by atoms with Crippen molar-refractivity contribution in [2.75, 3.05) is 19.6 Å². The van der Waals surface area contributed by atoms with Crippen LogP contribution in [0, 0.1) is 5.92 Å². The standard InChI is InChI=1S/C10H19N3O2/c1-8-4-6-13(7-8)10(15)12-9(14)3-2-5-11/h8H,2-7,11H2,1H3,(H,12,14,15). The van der Waals surface area contributed by atoms with Gasteiger partial charge in [0.2, 0.25) is 5.91 Å². The lowest BCUT2D eigenvalue weighted by atomic mass is 10.2. The van der Waals surface area contributed by atoms with E-state index in [-0.39, 0.29) is 11.9 Å². The van der Waals surface area contributed by atoms with E-state index < -0.39 is 0 Å². The van der Waals surface area contributed by atoms with Gasteiger partial charge in [0.25, 0.3) is 0 Å². The van der Waals surface area contributed by atoms with Crippen LogP contribution < -0.4 is 11.1 Å². The lowest BCUT2D eigenvalue weighted by molar-refractivity contribution is -0.120. The molecule has 0 aromatic heterocycles. The Bertz CT molecular complexity index is 243. The first kappa shape index (κ1) is 12.0. The van der Waals surface area contributed by atoms with Gasteiger partial charge in [-0.05, 0) is 25.3 Å². The minimum absolute atomic E-state index is 0.231. The molecule has 0 saturated carbocycles. The monoisotopic (exact) mass is 213 g/mol. The molecule has 0 aliphatic carbocycles. The first-order chi connectivity index (χ1) is 7.13. The van der Waals surface area contributed by atoms with Crippen molar-refractivity contribution in [3.63, 3.8) is 0 Å². The Kier molecular flexibility index (Phi) is 4.55. The average molecular weight is 213 g/mol. The molecule has 0 radical (unpaired) electrons. The predicted molar refractivity (Wildman–Crippen MR) is 57.2 cm³/mol. The lowest BCUT2D eigenvalue weighted by Crippen LogP contribution is -2.41. The number of hydrogen-bond donors (Lipinski definition) is 2. The van der Waals surface area contributed by atoms with E-state index in [0.29, 0.717) is 25.3 Å². The van der Waals surface area contributed by atoms with Gasteiger partial charge in [0.05, 0.1) is 0 Å². The summed E-state index contributed by atoms with van der Waals surface area (Å²) in [4.78, 5) is 24.4. The van der Waals surface area contributed by atoms with Crippen molar-refractivity contribution in [1.82, 2.24) is 10.2 Å². The SMILES string of the molecule is CC1CCN(C(=O)NC(=O)CCCN)C1. The summed E-state index contributed by atoms with van der Waals surface area (Å²) in [5.41, 5.74) is 5.27. The van der Waals surface area contributed by atoms with Crippen LogP contribution in [0.25, 0.3) is 0 Å². The number of likely N-dealkylation sites (tertiary alicyclic amines) is 1. The van der Waals surface area contributed by atoms with Gasteiger partial charge in [-0.2, -0.15) is 0 Å². The fourth-order valence-electron chi connectivity index (χ4n) is 1.64. The summed E-state index contributed by atoms with van der Waals surface area (Å²) in [5, 5.41) is 2.37. The van der Waals surface area contributed by atoms with Crippen LogP contribution in [0.5, 0.6) is 0 Å². The van der Waals surface area contributed by atoms with Gasteiger partial charge >= 0.3 is 6.03 Å². The quantitative estimate of drug-likeness (QED) is 0.708. The molecule has 5 nitrogen and oxygen atoms in total. The van der Waals surface area contributed by atoms with Crippen molar-refractivity contribution >= 4 is 11.9 Å². The molecule has 86 valence electrons. The Morgan fingerprint density at radius 2 is 2.27 bits per heavy atom. The van der Waals surface area contributed by atoms with E-state index in [0.717, 1.165) is 19.5 Å². The van der Waals surface area contributed by atoms with E-state index in [2.05, 4.69) is 12.2 Å². The Morgan fingerprint density at radius 3 is 2.80 bits per heavy atom. The van der Waals surface area contributed by atoms with E-state index in [4.69, 9.17) is 5.73 Å². The minimum Gasteiger partial charge on any atom is -0.330 e. The van der Waals surface area contributed by atoms with E-state index >= 15 is 0 Å². The summed E-state index contributed by atoms with van der Waals surface area (Å²) in [6, 6.07) is -0.263.